The second-order valence-electron chi connectivity index (χ2n) is 5.99. The molecule has 0 bridgehead atoms. The summed E-state index contributed by atoms with van der Waals surface area (Å²) in [6.07, 6.45) is 6.91. The molecule has 3 heteroatoms. The number of likely N-dealkylation sites (N-methyl/N-ethyl adjacent to an activating group) is 1. The predicted molar refractivity (Wildman–Crippen MR) is 78.0 cm³/mol. The van der Waals surface area contributed by atoms with Crippen molar-refractivity contribution in [3.8, 4) is 0 Å². The molecule has 0 radical (unpaired) electrons. The zero-order valence-corrected chi connectivity index (χ0v) is 12.3. The molecule has 2 aliphatic rings. The van der Waals surface area contributed by atoms with Gasteiger partial charge in [-0.15, -0.1) is 0 Å². The molecule has 2 aliphatic heterocycles. The van der Waals surface area contributed by atoms with Gasteiger partial charge in [0.05, 0.1) is 0 Å². The van der Waals surface area contributed by atoms with E-state index < -0.39 is 0 Å². The van der Waals surface area contributed by atoms with Crippen molar-refractivity contribution in [2.45, 2.75) is 58.0 Å². The van der Waals surface area contributed by atoms with Gasteiger partial charge in [-0.05, 0) is 32.4 Å². The Morgan fingerprint density at radius 3 is 2.83 bits per heavy atom. The fourth-order valence-electron chi connectivity index (χ4n) is 3.59. The van der Waals surface area contributed by atoms with Crippen molar-refractivity contribution >= 4 is 0 Å². The van der Waals surface area contributed by atoms with E-state index in [4.69, 9.17) is 0 Å². The van der Waals surface area contributed by atoms with Gasteiger partial charge >= 0.3 is 0 Å². The Balaban J connectivity index is 1.78. The number of hydrogen-bond acceptors (Lipinski definition) is 3. The molecule has 2 atom stereocenters. The topological polar surface area (TPSA) is 18.5 Å². The molecule has 2 heterocycles. The molecular formula is C15H31N3. The van der Waals surface area contributed by atoms with Gasteiger partial charge in [0.15, 0.2) is 0 Å². The summed E-state index contributed by atoms with van der Waals surface area (Å²) in [5.74, 6) is 0. The first kappa shape index (κ1) is 14.3. The molecular weight excluding hydrogens is 222 g/mol. The zero-order chi connectivity index (χ0) is 12.8. The van der Waals surface area contributed by atoms with Crippen molar-refractivity contribution in [3.05, 3.63) is 0 Å². The predicted octanol–water partition coefficient (Wildman–Crippen LogP) is 1.93. The van der Waals surface area contributed by atoms with Crippen molar-refractivity contribution in [2.75, 3.05) is 39.3 Å². The van der Waals surface area contributed by atoms with Crippen LogP contribution in [0.4, 0.5) is 0 Å². The number of nitrogens with one attached hydrogen (secondary N) is 1. The lowest BCUT2D eigenvalue weighted by Crippen LogP contribution is -2.56. The molecule has 2 rings (SSSR count). The first-order chi connectivity index (χ1) is 8.83. The average Bonchev–Trinajstić information content (AvgIpc) is 2.39. The van der Waals surface area contributed by atoms with E-state index in [1.807, 2.05) is 0 Å². The maximum absolute atomic E-state index is 3.65. The average molecular weight is 253 g/mol. The summed E-state index contributed by atoms with van der Waals surface area (Å²) in [7, 11) is 0. The van der Waals surface area contributed by atoms with Crippen LogP contribution in [0.25, 0.3) is 0 Å². The minimum absolute atomic E-state index is 0.704. The fourth-order valence-corrected chi connectivity index (χ4v) is 3.59. The molecule has 1 N–H and O–H groups in total. The molecule has 0 aromatic carbocycles. The van der Waals surface area contributed by atoms with Crippen LogP contribution in [0.5, 0.6) is 0 Å². The summed E-state index contributed by atoms with van der Waals surface area (Å²) in [6.45, 7) is 12.1. The van der Waals surface area contributed by atoms with Crippen molar-refractivity contribution in [2.24, 2.45) is 0 Å². The lowest BCUT2D eigenvalue weighted by molar-refractivity contribution is 0.0444. The van der Waals surface area contributed by atoms with Gasteiger partial charge in [0.2, 0.25) is 0 Å². The molecule has 2 fully saturated rings. The first-order valence-corrected chi connectivity index (χ1v) is 8.03. The third kappa shape index (κ3) is 3.94. The van der Waals surface area contributed by atoms with Crippen LogP contribution in [-0.2, 0) is 0 Å². The van der Waals surface area contributed by atoms with E-state index >= 15 is 0 Å². The summed E-state index contributed by atoms with van der Waals surface area (Å²) >= 11 is 0. The van der Waals surface area contributed by atoms with Crippen LogP contribution in [0.15, 0.2) is 0 Å². The lowest BCUT2D eigenvalue weighted by atomic mass is 9.99. The van der Waals surface area contributed by atoms with Crippen LogP contribution in [0.1, 0.15) is 46.0 Å². The van der Waals surface area contributed by atoms with E-state index in [1.54, 1.807) is 0 Å². The molecule has 18 heavy (non-hydrogen) atoms. The largest absolute Gasteiger partial charge is 0.313 e. The first-order valence-electron chi connectivity index (χ1n) is 8.03. The van der Waals surface area contributed by atoms with Gasteiger partial charge in [-0.2, -0.15) is 0 Å². The van der Waals surface area contributed by atoms with Gasteiger partial charge in [0, 0.05) is 38.3 Å². The van der Waals surface area contributed by atoms with Gasteiger partial charge in [0.1, 0.15) is 0 Å². The van der Waals surface area contributed by atoms with Crippen molar-refractivity contribution in [3.63, 3.8) is 0 Å². The molecule has 0 aromatic heterocycles. The number of nitrogens with zero attached hydrogens (tertiary/aromatic N) is 2. The Bertz CT molecular complexity index is 226. The maximum atomic E-state index is 3.65. The number of hydrogen-bond donors (Lipinski definition) is 1. The minimum Gasteiger partial charge on any atom is -0.313 e. The standard InChI is InChI=1S/C15H31N3/c1-3-7-14(16-4-2)12-17-10-11-18-9-6-5-8-15(18)13-17/h14-16H,3-13H2,1-2H3. The SMILES string of the molecule is CCCC(CN1CCN2CCCCC2C1)NCC. The van der Waals surface area contributed by atoms with Crippen molar-refractivity contribution < 1.29 is 0 Å². The second-order valence-corrected chi connectivity index (χ2v) is 5.99. The molecule has 0 aromatic rings. The van der Waals surface area contributed by atoms with E-state index in [0.29, 0.717) is 6.04 Å². The van der Waals surface area contributed by atoms with E-state index in [-0.39, 0.29) is 0 Å². The van der Waals surface area contributed by atoms with Gasteiger partial charge in [-0.3, -0.25) is 9.80 Å². The molecule has 3 nitrogen and oxygen atoms in total. The monoisotopic (exact) mass is 253 g/mol. The van der Waals surface area contributed by atoms with Crippen LogP contribution < -0.4 is 5.32 Å². The van der Waals surface area contributed by atoms with Gasteiger partial charge in [-0.1, -0.05) is 26.7 Å². The van der Waals surface area contributed by atoms with Crippen molar-refractivity contribution in [1.29, 1.82) is 0 Å². The highest BCUT2D eigenvalue weighted by Crippen LogP contribution is 2.21. The molecule has 0 saturated carbocycles. The van der Waals surface area contributed by atoms with Crippen LogP contribution in [0.3, 0.4) is 0 Å². The molecule has 0 spiro atoms. The van der Waals surface area contributed by atoms with E-state index in [1.165, 1.54) is 64.8 Å². The molecule has 2 unspecified atom stereocenters. The van der Waals surface area contributed by atoms with Gasteiger partial charge in [-0.25, -0.2) is 0 Å². The Kier molecular flexibility index (Phi) is 5.93. The molecule has 0 amide bonds. The van der Waals surface area contributed by atoms with Gasteiger partial charge < -0.3 is 5.32 Å². The van der Waals surface area contributed by atoms with Gasteiger partial charge in [0.25, 0.3) is 0 Å². The second kappa shape index (κ2) is 7.46. The summed E-state index contributed by atoms with van der Waals surface area (Å²) in [6, 6.07) is 1.56. The summed E-state index contributed by atoms with van der Waals surface area (Å²) < 4.78 is 0. The van der Waals surface area contributed by atoms with Crippen LogP contribution in [-0.4, -0.2) is 61.2 Å². The number of rotatable bonds is 6. The Morgan fingerprint density at radius 1 is 1.17 bits per heavy atom. The minimum atomic E-state index is 0.704. The highest BCUT2D eigenvalue weighted by Gasteiger charge is 2.29. The summed E-state index contributed by atoms with van der Waals surface area (Å²) in [5.41, 5.74) is 0. The Hall–Kier alpha value is -0.120. The van der Waals surface area contributed by atoms with E-state index in [9.17, 15) is 0 Å². The zero-order valence-electron chi connectivity index (χ0n) is 12.3. The third-order valence-electron chi connectivity index (χ3n) is 4.53. The number of piperidine rings is 1. The number of piperazine rings is 1. The van der Waals surface area contributed by atoms with Crippen LogP contribution in [0, 0.1) is 0 Å². The van der Waals surface area contributed by atoms with E-state index in [2.05, 4.69) is 29.0 Å². The molecule has 2 saturated heterocycles. The maximum Gasteiger partial charge on any atom is 0.0223 e. The van der Waals surface area contributed by atoms with Crippen LogP contribution in [0.2, 0.25) is 0 Å². The summed E-state index contributed by atoms with van der Waals surface area (Å²) in [4.78, 5) is 5.43. The summed E-state index contributed by atoms with van der Waals surface area (Å²) in [5, 5.41) is 3.65. The Morgan fingerprint density at radius 2 is 2.06 bits per heavy atom. The fraction of sp³-hybridized carbons (Fsp3) is 1.00. The highest BCUT2D eigenvalue weighted by molar-refractivity contribution is 4.86. The quantitative estimate of drug-likeness (QED) is 0.780. The molecule has 106 valence electrons. The number of fused-ring (bicyclic) bond motifs is 1. The Labute approximate surface area is 113 Å². The van der Waals surface area contributed by atoms with Crippen molar-refractivity contribution in [1.82, 2.24) is 15.1 Å². The smallest absolute Gasteiger partial charge is 0.0223 e. The lowest BCUT2D eigenvalue weighted by Gasteiger charge is -2.45. The normalized spacial score (nSPS) is 28.0. The third-order valence-corrected chi connectivity index (χ3v) is 4.53. The van der Waals surface area contributed by atoms with E-state index in [0.717, 1.165) is 12.6 Å². The van der Waals surface area contributed by atoms with Crippen LogP contribution >= 0.6 is 0 Å². The highest BCUT2D eigenvalue weighted by atomic mass is 15.3. The molecule has 0 aliphatic carbocycles.